The van der Waals surface area contributed by atoms with Gasteiger partial charge in [0.15, 0.2) is 0 Å². The lowest BCUT2D eigenvalue weighted by Crippen LogP contribution is -2.52. The van der Waals surface area contributed by atoms with Crippen molar-refractivity contribution in [1.29, 1.82) is 0 Å². The van der Waals surface area contributed by atoms with Gasteiger partial charge in [0.25, 0.3) is 0 Å². The number of anilines is 1. The van der Waals surface area contributed by atoms with Crippen LogP contribution in [0, 0.1) is 5.92 Å². The minimum atomic E-state index is -0.0913. The number of carbonyl (C=O) groups is 2. The molecule has 1 aliphatic rings. The molecular formula is C17H27Cl3N4O2. The van der Waals surface area contributed by atoms with Gasteiger partial charge >= 0.3 is 0 Å². The van der Waals surface area contributed by atoms with Crippen LogP contribution in [0.5, 0.6) is 0 Å². The molecule has 1 unspecified atom stereocenters. The SMILES string of the molecule is CNCC(C)C(=O)N1CCN(CC(=O)Nc2ccccc2Cl)CC1.Cl.Cl. The Morgan fingerprint density at radius 2 is 1.77 bits per heavy atom. The van der Waals surface area contributed by atoms with Crippen LogP contribution in [0.2, 0.25) is 5.02 Å². The first kappa shape index (κ1) is 24.9. The predicted molar refractivity (Wildman–Crippen MR) is 111 cm³/mol. The van der Waals surface area contributed by atoms with Crippen LogP contribution in [0.15, 0.2) is 24.3 Å². The van der Waals surface area contributed by atoms with Gasteiger partial charge in [0, 0.05) is 38.6 Å². The second-order valence-corrected chi connectivity index (χ2v) is 6.50. The van der Waals surface area contributed by atoms with Crippen LogP contribution in [-0.2, 0) is 9.59 Å². The molecule has 2 N–H and O–H groups in total. The van der Waals surface area contributed by atoms with E-state index in [2.05, 4.69) is 15.5 Å². The normalized spacial score (nSPS) is 15.4. The predicted octanol–water partition coefficient (Wildman–Crippen LogP) is 2.12. The molecule has 0 spiro atoms. The number of nitrogens with one attached hydrogen (secondary N) is 2. The van der Waals surface area contributed by atoms with Crippen molar-refractivity contribution < 1.29 is 9.59 Å². The maximum atomic E-state index is 12.3. The first-order chi connectivity index (χ1) is 11.5. The van der Waals surface area contributed by atoms with Gasteiger partial charge in [-0.05, 0) is 19.2 Å². The summed E-state index contributed by atoms with van der Waals surface area (Å²) in [5.74, 6) is 0.0565. The number of carbonyl (C=O) groups excluding carboxylic acids is 2. The van der Waals surface area contributed by atoms with E-state index >= 15 is 0 Å². The van der Waals surface area contributed by atoms with Crippen LogP contribution in [0.3, 0.4) is 0 Å². The van der Waals surface area contributed by atoms with Gasteiger partial charge in [-0.3, -0.25) is 14.5 Å². The van der Waals surface area contributed by atoms with E-state index in [-0.39, 0.29) is 42.5 Å². The summed E-state index contributed by atoms with van der Waals surface area (Å²) in [5, 5.41) is 6.38. The molecule has 9 heteroatoms. The molecule has 0 radical (unpaired) electrons. The number of para-hydroxylation sites is 1. The van der Waals surface area contributed by atoms with Gasteiger partial charge < -0.3 is 15.5 Å². The summed E-state index contributed by atoms with van der Waals surface area (Å²) < 4.78 is 0. The quantitative estimate of drug-likeness (QED) is 0.733. The Kier molecular flexibility index (Phi) is 11.9. The van der Waals surface area contributed by atoms with Crippen LogP contribution < -0.4 is 10.6 Å². The van der Waals surface area contributed by atoms with E-state index in [9.17, 15) is 9.59 Å². The number of rotatable bonds is 6. The van der Waals surface area contributed by atoms with Gasteiger partial charge in [0.2, 0.25) is 11.8 Å². The largest absolute Gasteiger partial charge is 0.340 e. The van der Waals surface area contributed by atoms with Crippen molar-refractivity contribution in [2.75, 3.05) is 51.6 Å². The average molecular weight is 426 g/mol. The summed E-state index contributed by atoms with van der Waals surface area (Å²) in [6.45, 7) is 5.64. The van der Waals surface area contributed by atoms with Gasteiger partial charge in [-0.2, -0.15) is 0 Å². The minimum absolute atomic E-state index is 0. The number of piperazine rings is 1. The summed E-state index contributed by atoms with van der Waals surface area (Å²) in [4.78, 5) is 28.3. The van der Waals surface area contributed by atoms with E-state index in [0.717, 1.165) is 0 Å². The molecule has 0 saturated carbocycles. The minimum Gasteiger partial charge on any atom is -0.340 e. The maximum Gasteiger partial charge on any atom is 0.238 e. The molecule has 148 valence electrons. The van der Waals surface area contributed by atoms with Gasteiger partial charge in [0.1, 0.15) is 0 Å². The second-order valence-electron chi connectivity index (χ2n) is 6.09. The van der Waals surface area contributed by atoms with Crippen LogP contribution in [0.1, 0.15) is 6.92 Å². The molecule has 0 bridgehead atoms. The van der Waals surface area contributed by atoms with Crippen molar-refractivity contribution in [3.8, 4) is 0 Å². The van der Waals surface area contributed by atoms with Crippen molar-refractivity contribution >= 4 is 53.9 Å². The third kappa shape index (κ3) is 7.29. The van der Waals surface area contributed by atoms with Gasteiger partial charge in [-0.25, -0.2) is 0 Å². The van der Waals surface area contributed by atoms with Gasteiger partial charge in [-0.15, -0.1) is 24.8 Å². The highest BCUT2D eigenvalue weighted by Crippen LogP contribution is 2.20. The Bertz CT molecular complexity index is 581. The Labute approximate surface area is 172 Å². The molecule has 2 rings (SSSR count). The number of hydrogen-bond acceptors (Lipinski definition) is 4. The molecule has 1 atom stereocenters. The zero-order valence-corrected chi connectivity index (χ0v) is 17.4. The number of benzene rings is 1. The molecule has 26 heavy (non-hydrogen) atoms. The summed E-state index contributed by atoms with van der Waals surface area (Å²) in [5.41, 5.74) is 0.624. The molecular weight excluding hydrogens is 399 g/mol. The van der Waals surface area contributed by atoms with Crippen molar-refractivity contribution in [2.45, 2.75) is 6.92 Å². The molecule has 6 nitrogen and oxygen atoms in total. The maximum absolute atomic E-state index is 12.3. The van der Waals surface area contributed by atoms with E-state index in [1.165, 1.54) is 0 Å². The zero-order chi connectivity index (χ0) is 17.5. The van der Waals surface area contributed by atoms with Crippen molar-refractivity contribution in [2.24, 2.45) is 5.92 Å². The standard InChI is InChI=1S/C17H25ClN4O2.2ClH/c1-13(11-19-2)17(24)22-9-7-21(8-10-22)12-16(23)20-15-6-4-3-5-14(15)18;;/h3-6,13,19H,7-12H2,1-2H3,(H,20,23);2*1H. The van der Waals surface area contributed by atoms with Crippen LogP contribution >= 0.6 is 36.4 Å². The molecule has 1 heterocycles. The number of hydrogen-bond donors (Lipinski definition) is 2. The zero-order valence-electron chi connectivity index (χ0n) is 15.0. The fraction of sp³-hybridized carbons (Fsp3) is 0.529. The van der Waals surface area contributed by atoms with Crippen LogP contribution in [-0.4, -0.2) is 67.9 Å². The van der Waals surface area contributed by atoms with Crippen molar-refractivity contribution in [3.63, 3.8) is 0 Å². The monoisotopic (exact) mass is 424 g/mol. The third-order valence-corrected chi connectivity index (χ3v) is 4.46. The van der Waals surface area contributed by atoms with Gasteiger partial charge in [0.05, 0.1) is 17.3 Å². The summed E-state index contributed by atoms with van der Waals surface area (Å²) in [6.07, 6.45) is 0. The highest BCUT2D eigenvalue weighted by atomic mass is 35.5. The molecule has 1 aromatic carbocycles. The number of halogens is 3. The Hall–Kier alpha value is -1.05. The van der Waals surface area contributed by atoms with E-state index in [0.29, 0.717) is 50.0 Å². The van der Waals surface area contributed by atoms with Gasteiger partial charge in [-0.1, -0.05) is 30.7 Å². The molecule has 2 amide bonds. The van der Waals surface area contributed by atoms with E-state index in [4.69, 9.17) is 11.6 Å². The molecule has 1 saturated heterocycles. The lowest BCUT2D eigenvalue weighted by Gasteiger charge is -2.35. The van der Waals surface area contributed by atoms with Crippen LogP contribution in [0.25, 0.3) is 0 Å². The van der Waals surface area contributed by atoms with Crippen molar-refractivity contribution in [3.05, 3.63) is 29.3 Å². The van der Waals surface area contributed by atoms with E-state index < -0.39 is 0 Å². The first-order valence-electron chi connectivity index (χ1n) is 8.21. The number of nitrogens with zero attached hydrogens (tertiary/aromatic N) is 2. The Morgan fingerprint density at radius 3 is 2.35 bits per heavy atom. The Balaban J connectivity index is 0.00000312. The highest BCUT2D eigenvalue weighted by Gasteiger charge is 2.25. The molecule has 0 aromatic heterocycles. The molecule has 1 fully saturated rings. The first-order valence-corrected chi connectivity index (χ1v) is 8.59. The average Bonchev–Trinajstić information content (AvgIpc) is 2.57. The highest BCUT2D eigenvalue weighted by molar-refractivity contribution is 6.33. The van der Waals surface area contributed by atoms with E-state index in [1.54, 1.807) is 12.1 Å². The van der Waals surface area contributed by atoms with E-state index in [1.807, 2.05) is 31.0 Å². The fourth-order valence-corrected chi connectivity index (χ4v) is 2.97. The summed E-state index contributed by atoms with van der Waals surface area (Å²) in [7, 11) is 1.85. The van der Waals surface area contributed by atoms with Crippen molar-refractivity contribution in [1.82, 2.24) is 15.1 Å². The summed E-state index contributed by atoms with van der Waals surface area (Å²) >= 11 is 6.04. The number of amides is 2. The van der Waals surface area contributed by atoms with Crippen LogP contribution in [0.4, 0.5) is 5.69 Å². The molecule has 1 aliphatic heterocycles. The topological polar surface area (TPSA) is 64.7 Å². The second kappa shape index (κ2) is 12.4. The lowest BCUT2D eigenvalue weighted by atomic mass is 10.1. The smallest absolute Gasteiger partial charge is 0.238 e. The Morgan fingerprint density at radius 1 is 1.15 bits per heavy atom. The third-order valence-electron chi connectivity index (χ3n) is 4.13. The summed E-state index contributed by atoms with van der Waals surface area (Å²) in [6, 6.07) is 7.18. The lowest BCUT2D eigenvalue weighted by molar-refractivity contribution is -0.136. The molecule has 1 aromatic rings. The fourth-order valence-electron chi connectivity index (χ4n) is 2.79. The molecule has 0 aliphatic carbocycles.